The molecule has 0 aliphatic heterocycles. The van der Waals surface area contributed by atoms with Gasteiger partial charge in [0.05, 0.1) is 16.9 Å². The number of hydrogen-bond acceptors (Lipinski definition) is 6. The molecule has 1 aliphatic rings. The topological polar surface area (TPSA) is 130 Å². The van der Waals surface area contributed by atoms with Gasteiger partial charge in [0.25, 0.3) is 5.69 Å². The third kappa shape index (κ3) is 8.63. The number of rotatable bonds is 12. The predicted octanol–water partition coefficient (Wildman–Crippen LogP) is 4.76. The molecule has 11 heteroatoms. The van der Waals surface area contributed by atoms with E-state index in [-0.39, 0.29) is 36.3 Å². The van der Waals surface area contributed by atoms with Crippen molar-refractivity contribution in [1.82, 2.24) is 10.2 Å². The number of nitro groups is 1. The van der Waals surface area contributed by atoms with Crippen molar-refractivity contribution in [2.45, 2.75) is 64.1 Å². The van der Waals surface area contributed by atoms with Crippen LogP contribution in [-0.4, -0.2) is 54.9 Å². The van der Waals surface area contributed by atoms with Crippen LogP contribution in [-0.2, 0) is 32.6 Å². The summed E-state index contributed by atoms with van der Waals surface area (Å²) >= 11 is 0. The van der Waals surface area contributed by atoms with Gasteiger partial charge in [0.2, 0.25) is 21.8 Å². The normalized spacial score (nSPS) is 14.5. The van der Waals surface area contributed by atoms with Gasteiger partial charge in [0.1, 0.15) is 12.6 Å². The fraction of sp³-hybridized carbons (Fsp3) is 0.375. The summed E-state index contributed by atoms with van der Waals surface area (Å²) in [6, 6.07) is 21.2. The zero-order chi connectivity index (χ0) is 31.0. The maximum absolute atomic E-state index is 14.2. The van der Waals surface area contributed by atoms with E-state index in [9.17, 15) is 28.1 Å². The number of aryl methyl sites for hydroxylation is 1. The Morgan fingerprint density at radius 3 is 2.30 bits per heavy atom. The van der Waals surface area contributed by atoms with Gasteiger partial charge in [-0.15, -0.1) is 0 Å². The predicted molar refractivity (Wildman–Crippen MR) is 166 cm³/mol. The molecule has 4 rings (SSSR count). The average molecular weight is 607 g/mol. The van der Waals surface area contributed by atoms with Crippen molar-refractivity contribution in [2.75, 3.05) is 17.1 Å². The zero-order valence-corrected chi connectivity index (χ0v) is 25.3. The molecule has 10 nitrogen and oxygen atoms in total. The van der Waals surface area contributed by atoms with Crippen LogP contribution in [0.5, 0.6) is 0 Å². The van der Waals surface area contributed by atoms with E-state index in [0.29, 0.717) is 0 Å². The molecular formula is C32H38N4O6S. The van der Waals surface area contributed by atoms with Gasteiger partial charge in [0.15, 0.2) is 0 Å². The van der Waals surface area contributed by atoms with Crippen molar-refractivity contribution in [3.63, 3.8) is 0 Å². The molecular weight excluding hydrogens is 568 g/mol. The van der Waals surface area contributed by atoms with Gasteiger partial charge in [-0.3, -0.25) is 24.0 Å². The zero-order valence-electron chi connectivity index (χ0n) is 24.5. The lowest BCUT2D eigenvalue weighted by atomic mass is 9.94. The minimum Gasteiger partial charge on any atom is -0.352 e. The first-order valence-electron chi connectivity index (χ1n) is 14.4. The van der Waals surface area contributed by atoms with E-state index < -0.39 is 33.4 Å². The van der Waals surface area contributed by atoms with Gasteiger partial charge in [-0.05, 0) is 42.5 Å². The largest absolute Gasteiger partial charge is 0.352 e. The molecule has 0 radical (unpaired) electrons. The molecule has 0 heterocycles. The molecule has 2 amide bonds. The number of nitrogens with one attached hydrogen (secondary N) is 1. The highest BCUT2D eigenvalue weighted by Gasteiger charge is 2.34. The Morgan fingerprint density at radius 2 is 1.65 bits per heavy atom. The number of non-ortho nitro benzene ring substituents is 1. The first-order valence-corrected chi connectivity index (χ1v) is 16.3. The first-order chi connectivity index (χ1) is 20.5. The number of hydrogen-bond donors (Lipinski definition) is 1. The Balaban J connectivity index is 1.74. The van der Waals surface area contributed by atoms with Gasteiger partial charge in [-0.25, -0.2) is 8.42 Å². The molecule has 1 saturated carbocycles. The molecule has 228 valence electrons. The van der Waals surface area contributed by atoms with Crippen molar-refractivity contribution >= 4 is 33.2 Å². The first kappa shape index (κ1) is 31.7. The van der Waals surface area contributed by atoms with Gasteiger partial charge in [0, 0.05) is 31.1 Å². The summed E-state index contributed by atoms with van der Waals surface area (Å²) in [6.45, 7) is 1.36. The Morgan fingerprint density at radius 1 is 0.977 bits per heavy atom. The van der Waals surface area contributed by atoms with E-state index in [1.165, 1.54) is 23.1 Å². The third-order valence-electron chi connectivity index (χ3n) is 7.83. The van der Waals surface area contributed by atoms with Crippen molar-refractivity contribution in [1.29, 1.82) is 0 Å². The highest BCUT2D eigenvalue weighted by molar-refractivity contribution is 7.92. The van der Waals surface area contributed by atoms with Crippen LogP contribution < -0.4 is 9.62 Å². The maximum Gasteiger partial charge on any atom is 0.271 e. The molecule has 1 aliphatic carbocycles. The highest BCUT2D eigenvalue weighted by atomic mass is 32.2. The summed E-state index contributed by atoms with van der Waals surface area (Å²) in [7, 11) is -4.03. The monoisotopic (exact) mass is 606 g/mol. The van der Waals surface area contributed by atoms with E-state index in [0.717, 1.165) is 65.4 Å². The van der Waals surface area contributed by atoms with Crippen LogP contribution in [0.3, 0.4) is 0 Å². The summed E-state index contributed by atoms with van der Waals surface area (Å²) in [6.07, 6.45) is 6.07. The Kier molecular flexibility index (Phi) is 10.5. The van der Waals surface area contributed by atoms with Crippen LogP contribution in [0.25, 0.3) is 0 Å². The minimum absolute atomic E-state index is 0.00678. The second kappa shape index (κ2) is 14.3. The number of sulfonamides is 1. The summed E-state index contributed by atoms with van der Waals surface area (Å²) in [5, 5.41) is 14.6. The molecule has 1 fully saturated rings. The molecule has 0 unspecified atom stereocenters. The van der Waals surface area contributed by atoms with E-state index in [2.05, 4.69) is 5.32 Å². The summed E-state index contributed by atoms with van der Waals surface area (Å²) in [5.41, 5.74) is 2.29. The summed E-state index contributed by atoms with van der Waals surface area (Å²) in [4.78, 5) is 40.5. The fourth-order valence-corrected chi connectivity index (χ4v) is 6.29. The lowest BCUT2D eigenvalue weighted by molar-refractivity contribution is -0.384. The summed E-state index contributed by atoms with van der Waals surface area (Å²) < 4.78 is 26.7. The second-order valence-corrected chi connectivity index (χ2v) is 13.0. The van der Waals surface area contributed by atoms with E-state index in [1.807, 2.05) is 61.5 Å². The number of benzene rings is 3. The second-order valence-electron chi connectivity index (χ2n) is 11.0. The number of nitrogens with zero attached hydrogens (tertiary/aromatic N) is 3. The van der Waals surface area contributed by atoms with Crippen molar-refractivity contribution < 1.29 is 22.9 Å². The number of carbonyl (C=O) groups is 2. The lowest BCUT2D eigenvalue weighted by Crippen LogP contribution is -2.55. The minimum atomic E-state index is -4.03. The molecule has 0 bridgehead atoms. The van der Waals surface area contributed by atoms with Gasteiger partial charge >= 0.3 is 0 Å². The van der Waals surface area contributed by atoms with E-state index >= 15 is 0 Å². The van der Waals surface area contributed by atoms with Gasteiger partial charge in [-0.2, -0.15) is 0 Å². The van der Waals surface area contributed by atoms with Crippen LogP contribution >= 0.6 is 0 Å². The molecule has 1 N–H and O–H groups in total. The Hall–Kier alpha value is -4.25. The maximum atomic E-state index is 14.2. The van der Waals surface area contributed by atoms with Gasteiger partial charge in [-0.1, -0.05) is 79.9 Å². The number of anilines is 1. The SMILES string of the molecule is Cc1ccccc1CN(C(=O)CN(c1cccc([N+](=O)[O-])c1)S(C)(=O)=O)[C@@H](Cc1ccccc1)C(=O)NC1CCCCC1. The standard InChI is InChI=1S/C32H38N4O6S/c1-24-12-9-10-15-26(24)22-34(31(37)23-35(43(2,41)42)28-18-11-19-29(21-28)36(39)40)30(20-25-13-5-3-6-14-25)32(38)33-27-16-7-4-8-17-27/h3,5-6,9-15,18-19,21,27,30H,4,7-8,16-17,20,22-23H2,1-2H3,(H,33,38)/t30-/m0/s1. The van der Waals surface area contributed by atoms with Crippen LogP contribution in [0.2, 0.25) is 0 Å². The van der Waals surface area contributed by atoms with Gasteiger partial charge < -0.3 is 10.2 Å². The van der Waals surface area contributed by atoms with Crippen molar-refractivity contribution in [3.05, 3.63) is 106 Å². The molecule has 0 saturated heterocycles. The van der Waals surface area contributed by atoms with Crippen LogP contribution in [0.15, 0.2) is 78.9 Å². The quantitative estimate of drug-likeness (QED) is 0.234. The van der Waals surface area contributed by atoms with Crippen molar-refractivity contribution in [3.8, 4) is 0 Å². The number of carbonyl (C=O) groups excluding carboxylic acids is 2. The molecule has 1 atom stereocenters. The average Bonchev–Trinajstić information content (AvgIpc) is 2.99. The smallest absolute Gasteiger partial charge is 0.271 e. The van der Waals surface area contributed by atoms with E-state index in [4.69, 9.17) is 0 Å². The molecule has 0 aromatic heterocycles. The Bertz CT molecular complexity index is 1540. The summed E-state index contributed by atoms with van der Waals surface area (Å²) in [5.74, 6) is -0.890. The van der Waals surface area contributed by atoms with Crippen LogP contribution in [0.4, 0.5) is 11.4 Å². The molecule has 43 heavy (non-hydrogen) atoms. The third-order valence-corrected chi connectivity index (χ3v) is 8.97. The number of amides is 2. The van der Waals surface area contributed by atoms with Crippen LogP contribution in [0, 0.1) is 17.0 Å². The van der Waals surface area contributed by atoms with Crippen molar-refractivity contribution in [2.24, 2.45) is 0 Å². The lowest BCUT2D eigenvalue weighted by Gasteiger charge is -2.35. The molecule has 3 aromatic rings. The van der Waals surface area contributed by atoms with E-state index in [1.54, 1.807) is 0 Å². The molecule has 0 spiro atoms. The number of nitro benzene ring substituents is 1. The fourth-order valence-electron chi connectivity index (χ4n) is 5.44. The highest BCUT2D eigenvalue weighted by Crippen LogP contribution is 2.25. The molecule has 3 aromatic carbocycles. The Labute approximate surface area is 252 Å². The van der Waals surface area contributed by atoms with Crippen LogP contribution in [0.1, 0.15) is 48.8 Å².